The maximum Gasteiger partial charge on any atom is 0.329 e. The predicted octanol–water partition coefficient (Wildman–Crippen LogP) is 5.25. The van der Waals surface area contributed by atoms with E-state index in [-0.39, 0.29) is 12.0 Å². The highest BCUT2D eigenvalue weighted by Crippen LogP contribution is 2.39. The second-order valence-electron chi connectivity index (χ2n) is 8.27. The minimum Gasteiger partial charge on any atom is -0.479 e. The molecule has 0 saturated carbocycles. The smallest absolute Gasteiger partial charge is 0.329 e. The number of hydrogen-bond donors (Lipinski definition) is 0. The predicted molar refractivity (Wildman–Crippen MR) is 130 cm³/mol. The van der Waals surface area contributed by atoms with Crippen LogP contribution < -0.4 is 9.64 Å². The molecule has 0 bridgehead atoms. The van der Waals surface area contributed by atoms with Gasteiger partial charge in [-0.25, -0.2) is 9.78 Å². The first-order valence-corrected chi connectivity index (χ1v) is 12.1. The standard InChI is InChI=1S/C26H28N2O4S/c1-5-16(2)31-26(30)17(3)28-22-14-20(11-12-23(22)32-18(4)25(28)29)21-15-33-24(27-21)13-19-9-7-6-8-10-19/h6-12,14-18H,5,13H2,1-4H3. The van der Waals surface area contributed by atoms with E-state index in [1.165, 1.54) is 10.5 Å². The van der Waals surface area contributed by atoms with Crippen molar-refractivity contribution in [3.05, 3.63) is 64.5 Å². The lowest BCUT2D eigenvalue weighted by atomic mass is 10.1. The van der Waals surface area contributed by atoms with Crippen LogP contribution in [0.25, 0.3) is 11.3 Å². The molecule has 2 aromatic carbocycles. The highest BCUT2D eigenvalue weighted by molar-refractivity contribution is 7.10. The number of nitrogens with zero attached hydrogens (tertiary/aromatic N) is 2. The number of carbonyl (C=O) groups is 2. The molecule has 0 saturated heterocycles. The molecule has 2 heterocycles. The van der Waals surface area contributed by atoms with E-state index in [4.69, 9.17) is 14.5 Å². The molecule has 3 atom stereocenters. The van der Waals surface area contributed by atoms with Crippen LogP contribution in [0.2, 0.25) is 0 Å². The minimum absolute atomic E-state index is 0.211. The molecule has 4 rings (SSSR count). The Balaban J connectivity index is 1.63. The van der Waals surface area contributed by atoms with Crippen LogP contribution in [0.3, 0.4) is 0 Å². The number of esters is 1. The third kappa shape index (κ3) is 4.93. The van der Waals surface area contributed by atoms with E-state index >= 15 is 0 Å². The normalized spacial score (nSPS) is 17.2. The Morgan fingerprint density at radius 2 is 1.97 bits per heavy atom. The lowest BCUT2D eigenvalue weighted by Crippen LogP contribution is -2.52. The van der Waals surface area contributed by atoms with Crippen LogP contribution in [0.1, 0.15) is 44.7 Å². The molecule has 1 aliphatic rings. The van der Waals surface area contributed by atoms with E-state index in [1.54, 1.807) is 25.2 Å². The van der Waals surface area contributed by atoms with Crippen molar-refractivity contribution in [2.45, 2.75) is 58.8 Å². The van der Waals surface area contributed by atoms with Crippen molar-refractivity contribution >= 4 is 28.9 Å². The van der Waals surface area contributed by atoms with Crippen molar-refractivity contribution < 1.29 is 19.1 Å². The van der Waals surface area contributed by atoms with Crippen LogP contribution in [0.5, 0.6) is 5.75 Å². The van der Waals surface area contributed by atoms with Crippen molar-refractivity contribution in [1.82, 2.24) is 4.98 Å². The number of aromatic nitrogens is 1. The van der Waals surface area contributed by atoms with Gasteiger partial charge in [0.2, 0.25) is 0 Å². The zero-order chi connectivity index (χ0) is 23.5. The molecule has 33 heavy (non-hydrogen) atoms. The molecule has 0 radical (unpaired) electrons. The summed E-state index contributed by atoms with van der Waals surface area (Å²) < 4.78 is 11.3. The van der Waals surface area contributed by atoms with Gasteiger partial charge >= 0.3 is 5.97 Å². The van der Waals surface area contributed by atoms with Crippen molar-refractivity contribution in [3.8, 4) is 17.0 Å². The summed E-state index contributed by atoms with van der Waals surface area (Å²) in [7, 11) is 0. The van der Waals surface area contributed by atoms with E-state index in [9.17, 15) is 9.59 Å². The SMILES string of the molecule is CCC(C)OC(=O)C(C)N1C(=O)C(C)Oc2ccc(-c3csc(Cc4ccccc4)n3)cc21. The Kier molecular flexibility index (Phi) is 6.79. The van der Waals surface area contributed by atoms with Crippen molar-refractivity contribution in [2.24, 2.45) is 0 Å². The largest absolute Gasteiger partial charge is 0.479 e. The fraction of sp³-hybridized carbons (Fsp3) is 0.346. The first kappa shape index (κ1) is 23.0. The first-order valence-electron chi connectivity index (χ1n) is 11.2. The average molecular weight is 465 g/mol. The van der Waals surface area contributed by atoms with Crippen LogP contribution in [0, 0.1) is 0 Å². The summed E-state index contributed by atoms with van der Waals surface area (Å²) >= 11 is 1.60. The lowest BCUT2D eigenvalue weighted by molar-refractivity contribution is -0.151. The fourth-order valence-electron chi connectivity index (χ4n) is 3.70. The Labute approximate surface area is 198 Å². The van der Waals surface area contributed by atoms with Gasteiger partial charge in [-0.1, -0.05) is 37.3 Å². The topological polar surface area (TPSA) is 68.7 Å². The molecule has 0 N–H and O–H groups in total. The Morgan fingerprint density at radius 3 is 2.70 bits per heavy atom. The van der Waals surface area contributed by atoms with Crippen LogP contribution in [-0.4, -0.2) is 35.1 Å². The van der Waals surface area contributed by atoms with Gasteiger partial charge in [0.1, 0.15) is 11.8 Å². The quantitative estimate of drug-likeness (QED) is 0.447. The number of amides is 1. The van der Waals surface area contributed by atoms with Gasteiger partial charge in [-0.05, 0) is 51.0 Å². The van der Waals surface area contributed by atoms with Crippen molar-refractivity contribution in [3.63, 3.8) is 0 Å². The number of ether oxygens (including phenoxy) is 2. The monoisotopic (exact) mass is 464 g/mol. The molecule has 6 nitrogen and oxygen atoms in total. The summed E-state index contributed by atoms with van der Waals surface area (Å²) in [6, 6.07) is 15.1. The Hall–Kier alpha value is -3.19. The summed E-state index contributed by atoms with van der Waals surface area (Å²) in [4.78, 5) is 32.1. The molecule has 7 heteroatoms. The van der Waals surface area contributed by atoms with Crippen LogP contribution >= 0.6 is 11.3 Å². The fourth-order valence-corrected chi connectivity index (χ4v) is 4.54. The summed E-state index contributed by atoms with van der Waals surface area (Å²) in [5, 5.41) is 3.02. The molecule has 1 amide bonds. The van der Waals surface area contributed by atoms with Crippen molar-refractivity contribution in [1.29, 1.82) is 0 Å². The van der Waals surface area contributed by atoms with Crippen LogP contribution in [0.4, 0.5) is 5.69 Å². The zero-order valence-electron chi connectivity index (χ0n) is 19.3. The summed E-state index contributed by atoms with van der Waals surface area (Å²) in [6.07, 6.45) is 0.582. The maximum absolute atomic E-state index is 13.0. The van der Waals surface area contributed by atoms with E-state index in [0.29, 0.717) is 17.9 Å². The van der Waals surface area contributed by atoms with Gasteiger partial charge in [0.05, 0.1) is 22.5 Å². The van der Waals surface area contributed by atoms with Crippen LogP contribution in [0.15, 0.2) is 53.9 Å². The summed E-state index contributed by atoms with van der Waals surface area (Å²) in [6.45, 7) is 7.18. The van der Waals surface area contributed by atoms with Gasteiger partial charge in [0.15, 0.2) is 6.10 Å². The number of rotatable bonds is 7. The number of thiazole rings is 1. The summed E-state index contributed by atoms with van der Waals surface area (Å²) in [5.41, 5.74) is 3.45. The molecule has 3 unspecified atom stereocenters. The average Bonchev–Trinajstić information content (AvgIpc) is 3.28. The lowest BCUT2D eigenvalue weighted by Gasteiger charge is -2.36. The molecular formula is C26H28N2O4S. The molecule has 0 aliphatic carbocycles. The molecule has 1 aromatic heterocycles. The van der Waals surface area contributed by atoms with Gasteiger partial charge < -0.3 is 9.47 Å². The molecule has 172 valence electrons. The number of fused-ring (bicyclic) bond motifs is 1. The second-order valence-corrected chi connectivity index (χ2v) is 9.21. The molecule has 1 aliphatic heterocycles. The van der Waals surface area contributed by atoms with E-state index in [0.717, 1.165) is 22.7 Å². The van der Waals surface area contributed by atoms with Gasteiger partial charge in [0, 0.05) is 17.4 Å². The number of hydrogen-bond acceptors (Lipinski definition) is 6. The van der Waals surface area contributed by atoms with Gasteiger partial charge in [0.25, 0.3) is 5.91 Å². The zero-order valence-corrected chi connectivity index (χ0v) is 20.1. The Bertz CT molecular complexity index is 1140. The highest BCUT2D eigenvalue weighted by atomic mass is 32.1. The maximum atomic E-state index is 13.0. The molecule has 0 fully saturated rings. The van der Waals surface area contributed by atoms with Crippen LogP contribution in [-0.2, 0) is 20.7 Å². The van der Waals surface area contributed by atoms with E-state index in [2.05, 4.69) is 12.1 Å². The molecule has 0 spiro atoms. The molecular weight excluding hydrogens is 436 g/mol. The van der Waals surface area contributed by atoms with Crippen molar-refractivity contribution in [2.75, 3.05) is 4.90 Å². The number of benzene rings is 2. The number of anilines is 1. The van der Waals surface area contributed by atoms with E-state index in [1.807, 2.05) is 55.6 Å². The Morgan fingerprint density at radius 1 is 1.21 bits per heavy atom. The highest BCUT2D eigenvalue weighted by Gasteiger charge is 2.38. The molecule has 3 aromatic rings. The van der Waals surface area contributed by atoms with Gasteiger partial charge in [-0.15, -0.1) is 11.3 Å². The first-order chi connectivity index (χ1) is 15.9. The second kappa shape index (κ2) is 9.75. The minimum atomic E-state index is -0.768. The number of carbonyl (C=O) groups excluding carboxylic acids is 2. The van der Waals surface area contributed by atoms with Gasteiger partial charge in [-0.2, -0.15) is 0 Å². The third-order valence-corrected chi connectivity index (χ3v) is 6.62. The van der Waals surface area contributed by atoms with Gasteiger partial charge in [-0.3, -0.25) is 9.69 Å². The van der Waals surface area contributed by atoms with E-state index < -0.39 is 18.1 Å². The third-order valence-electron chi connectivity index (χ3n) is 5.77. The summed E-state index contributed by atoms with van der Waals surface area (Å²) in [5.74, 6) is -0.132.